The number of amides is 2. The average molecular weight is 468 g/mol. The molecule has 0 bridgehead atoms. The van der Waals surface area contributed by atoms with Crippen molar-refractivity contribution in [2.45, 2.75) is 65.8 Å². The summed E-state index contributed by atoms with van der Waals surface area (Å²) in [5, 5.41) is 5.65. The van der Waals surface area contributed by atoms with E-state index in [1.807, 2.05) is 20.8 Å². The number of benzene rings is 1. The lowest BCUT2D eigenvalue weighted by molar-refractivity contribution is -0.118. The van der Waals surface area contributed by atoms with Gasteiger partial charge in [-0.05, 0) is 55.0 Å². The lowest BCUT2D eigenvalue weighted by atomic mass is 9.75. The number of methoxy groups -OCH3 is 1. The number of hydrogen-bond acceptors (Lipinski definition) is 5. The monoisotopic (exact) mass is 467 g/mol. The summed E-state index contributed by atoms with van der Waals surface area (Å²) in [4.78, 5) is 53.6. The standard InChI is InChI=1S/C26H33N3O5/c1-6-7-8-18(23(31)27-17-11-9-16(10-12-17)25(33)34-5)29-24(32)22-15(2)21-19(28-22)13-26(3,4)14-20(21)30/h9-12,18,28H,6-8,13-14H2,1-5H3,(H,27,31)(H,29,32). The second-order valence-corrected chi connectivity index (χ2v) is 9.65. The molecule has 1 aromatic carbocycles. The van der Waals surface area contributed by atoms with Crippen LogP contribution in [-0.4, -0.2) is 41.7 Å². The average Bonchev–Trinajstić information content (AvgIpc) is 3.11. The van der Waals surface area contributed by atoms with Crippen molar-refractivity contribution in [1.82, 2.24) is 10.3 Å². The summed E-state index contributed by atoms with van der Waals surface area (Å²) >= 11 is 0. The molecule has 1 heterocycles. The third-order valence-corrected chi connectivity index (χ3v) is 6.17. The van der Waals surface area contributed by atoms with Crippen LogP contribution in [0.15, 0.2) is 24.3 Å². The van der Waals surface area contributed by atoms with Gasteiger partial charge in [-0.1, -0.05) is 33.6 Å². The zero-order chi connectivity index (χ0) is 25.0. The number of fused-ring (bicyclic) bond motifs is 1. The van der Waals surface area contributed by atoms with Crippen LogP contribution in [0, 0.1) is 12.3 Å². The minimum atomic E-state index is -0.750. The minimum Gasteiger partial charge on any atom is -0.465 e. The highest BCUT2D eigenvalue weighted by molar-refractivity contribution is 6.06. The maximum Gasteiger partial charge on any atom is 0.337 e. The molecule has 0 spiro atoms. The molecule has 1 atom stereocenters. The molecule has 34 heavy (non-hydrogen) atoms. The Labute approximate surface area is 199 Å². The number of nitrogens with one attached hydrogen (secondary N) is 3. The van der Waals surface area contributed by atoms with Gasteiger partial charge in [0.25, 0.3) is 5.91 Å². The summed E-state index contributed by atoms with van der Waals surface area (Å²) < 4.78 is 4.69. The normalized spacial score (nSPS) is 15.3. The van der Waals surface area contributed by atoms with Crippen LogP contribution in [0.4, 0.5) is 5.69 Å². The van der Waals surface area contributed by atoms with Gasteiger partial charge in [0.15, 0.2) is 5.78 Å². The van der Waals surface area contributed by atoms with Gasteiger partial charge in [0.05, 0.1) is 12.7 Å². The lowest BCUT2D eigenvalue weighted by Crippen LogP contribution is -2.44. The number of carbonyl (C=O) groups is 4. The highest BCUT2D eigenvalue weighted by Crippen LogP contribution is 2.36. The van der Waals surface area contributed by atoms with Gasteiger partial charge in [0.1, 0.15) is 11.7 Å². The van der Waals surface area contributed by atoms with Crippen LogP contribution >= 0.6 is 0 Å². The molecule has 2 aromatic rings. The fourth-order valence-electron chi connectivity index (χ4n) is 4.40. The number of ketones is 1. The fourth-order valence-corrected chi connectivity index (χ4v) is 4.40. The zero-order valence-corrected chi connectivity index (χ0v) is 20.5. The van der Waals surface area contributed by atoms with E-state index in [9.17, 15) is 19.2 Å². The van der Waals surface area contributed by atoms with E-state index in [4.69, 9.17) is 0 Å². The second-order valence-electron chi connectivity index (χ2n) is 9.65. The number of unbranched alkanes of at least 4 members (excludes halogenated alkanes) is 1. The number of carbonyl (C=O) groups excluding carboxylic acids is 4. The van der Waals surface area contributed by atoms with Crippen molar-refractivity contribution < 1.29 is 23.9 Å². The summed E-state index contributed by atoms with van der Waals surface area (Å²) in [5.74, 6) is -1.18. The van der Waals surface area contributed by atoms with Crippen LogP contribution in [0.3, 0.4) is 0 Å². The molecule has 3 rings (SSSR count). The molecule has 0 saturated heterocycles. The number of hydrogen-bond donors (Lipinski definition) is 3. The van der Waals surface area contributed by atoms with Crippen molar-refractivity contribution in [3.63, 3.8) is 0 Å². The Kier molecular flexibility index (Phi) is 7.59. The van der Waals surface area contributed by atoms with Crippen LogP contribution in [-0.2, 0) is 16.0 Å². The van der Waals surface area contributed by atoms with E-state index in [1.165, 1.54) is 7.11 Å². The summed E-state index contributed by atoms with van der Waals surface area (Å²) in [6.07, 6.45) is 3.22. The molecule has 1 aliphatic carbocycles. The first-order valence-corrected chi connectivity index (χ1v) is 11.6. The van der Waals surface area contributed by atoms with Gasteiger partial charge in [0, 0.05) is 23.4 Å². The number of rotatable bonds is 8. The Morgan fingerprint density at radius 1 is 1.15 bits per heavy atom. The maximum atomic E-state index is 13.1. The molecule has 0 aliphatic heterocycles. The van der Waals surface area contributed by atoms with Gasteiger partial charge < -0.3 is 20.4 Å². The fraction of sp³-hybridized carbons (Fsp3) is 0.462. The molecule has 8 nitrogen and oxygen atoms in total. The first-order chi connectivity index (χ1) is 16.1. The summed E-state index contributed by atoms with van der Waals surface area (Å²) in [5.41, 5.74) is 3.05. The highest BCUT2D eigenvalue weighted by atomic mass is 16.5. The summed E-state index contributed by atoms with van der Waals surface area (Å²) in [6.45, 7) is 7.85. The molecule has 8 heteroatoms. The Morgan fingerprint density at radius 2 is 1.82 bits per heavy atom. The van der Waals surface area contributed by atoms with E-state index >= 15 is 0 Å². The second kappa shape index (κ2) is 10.2. The van der Waals surface area contributed by atoms with Gasteiger partial charge in [-0.2, -0.15) is 0 Å². The van der Waals surface area contributed by atoms with Crippen molar-refractivity contribution in [3.05, 3.63) is 52.3 Å². The minimum absolute atomic E-state index is 0.0368. The summed E-state index contributed by atoms with van der Waals surface area (Å²) in [6, 6.07) is 5.59. The molecular weight excluding hydrogens is 434 g/mol. The van der Waals surface area contributed by atoms with E-state index in [2.05, 4.69) is 20.4 Å². The van der Waals surface area contributed by atoms with Gasteiger partial charge in [-0.15, -0.1) is 0 Å². The topological polar surface area (TPSA) is 117 Å². The van der Waals surface area contributed by atoms with Crippen LogP contribution in [0.25, 0.3) is 0 Å². The van der Waals surface area contributed by atoms with Crippen LogP contribution in [0.5, 0.6) is 0 Å². The first kappa shape index (κ1) is 25.2. The number of Topliss-reactive ketones (excluding diaryl/α,β-unsaturated/α-hetero) is 1. The van der Waals surface area contributed by atoms with E-state index in [0.717, 1.165) is 18.5 Å². The van der Waals surface area contributed by atoms with E-state index < -0.39 is 17.9 Å². The Hall–Kier alpha value is -3.42. The molecule has 3 N–H and O–H groups in total. The SMILES string of the molecule is CCCCC(NC(=O)c1[nH]c2c(c1C)C(=O)CC(C)(C)C2)C(=O)Nc1ccc(C(=O)OC)cc1. The molecule has 0 fully saturated rings. The lowest BCUT2D eigenvalue weighted by Gasteiger charge is -2.28. The van der Waals surface area contributed by atoms with Crippen molar-refractivity contribution in [3.8, 4) is 0 Å². The van der Waals surface area contributed by atoms with E-state index in [0.29, 0.717) is 47.3 Å². The van der Waals surface area contributed by atoms with Crippen molar-refractivity contribution >= 4 is 29.3 Å². The van der Waals surface area contributed by atoms with E-state index in [1.54, 1.807) is 31.2 Å². The number of aromatic amines is 1. The number of aromatic nitrogens is 1. The zero-order valence-electron chi connectivity index (χ0n) is 20.5. The van der Waals surface area contributed by atoms with E-state index in [-0.39, 0.29) is 17.1 Å². The number of ether oxygens (including phenoxy) is 1. The molecule has 2 amide bonds. The molecule has 0 saturated carbocycles. The van der Waals surface area contributed by atoms with Crippen molar-refractivity contribution in [1.29, 1.82) is 0 Å². The molecule has 0 radical (unpaired) electrons. The number of H-pyrrole nitrogens is 1. The largest absolute Gasteiger partial charge is 0.465 e. The van der Waals surface area contributed by atoms with Gasteiger partial charge in [-0.25, -0.2) is 4.79 Å². The Morgan fingerprint density at radius 3 is 2.44 bits per heavy atom. The van der Waals surface area contributed by atoms with Gasteiger partial charge in [-0.3, -0.25) is 14.4 Å². The molecule has 1 aromatic heterocycles. The smallest absolute Gasteiger partial charge is 0.337 e. The van der Waals surface area contributed by atoms with Crippen LogP contribution in [0.2, 0.25) is 0 Å². The third kappa shape index (κ3) is 5.55. The predicted octanol–water partition coefficient (Wildman–Crippen LogP) is 4.19. The van der Waals surface area contributed by atoms with Crippen LogP contribution in [0.1, 0.15) is 88.9 Å². The third-order valence-electron chi connectivity index (χ3n) is 6.17. The van der Waals surface area contributed by atoms with Crippen LogP contribution < -0.4 is 10.6 Å². The van der Waals surface area contributed by atoms with Crippen molar-refractivity contribution in [2.75, 3.05) is 12.4 Å². The summed E-state index contributed by atoms with van der Waals surface area (Å²) in [7, 11) is 1.30. The predicted molar refractivity (Wildman–Crippen MR) is 129 cm³/mol. The Bertz CT molecular complexity index is 1100. The van der Waals surface area contributed by atoms with Gasteiger partial charge in [0.2, 0.25) is 5.91 Å². The molecule has 1 unspecified atom stereocenters. The number of anilines is 1. The number of esters is 1. The molecular formula is C26H33N3O5. The molecule has 182 valence electrons. The Balaban J connectivity index is 1.76. The van der Waals surface area contributed by atoms with Crippen molar-refractivity contribution in [2.24, 2.45) is 5.41 Å². The quantitative estimate of drug-likeness (QED) is 0.503. The maximum absolute atomic E-state index is 13.1. The first-order valence-electron chi connectivity index (χ1n) is 11.6. The van der Waals surface area contributed by atoms with Gasteiger partial charge >= 0.3 is 5.97 Å². The highest BCUT2D eigenvalue weighted by Gasteiger charge is 2.35. The molecule has 1 aliphatic rings.